The Hall–Kier alpha value is -0.0900. The van der Waals surface area contributed by atoms with Crippen molar-refractivity contribution in [3.8, 4) is 0 Å². The molecule has 0 aliphatic heterocycles. The lowest BCUT2D eigenvalue weighted by Crippen LogP contribution is -2.18. The fourth-order valence-electron chi connectivity index (χ4n) is 1.05. The first-order valence-electron chi connectivity index (χ1n) is 3.07. The van der Waals surface area contributed by atoms with Gasteiger partial charge in [-0.25, -0.2) is 13.6 Å². The fourth-order valence-corrected chi connectivity index (χ4v) is 2.30. The standard InChI is InChI=1S/C5H11NO2S/c1-2-4-3-5(4)9(6,7)8/h4-5H,2-3H2,1H3,(H2,6,7,8). The van der Waals surface area contributed by atoms with Crippen molar-refractivity contribution >= 4 is 10.0 Å². The van der Waals surface area contributed by atoms with E-state index in [2.05, 4.69) is 0 Å². The van der Waals surface area contributed by atoms with E-state index >= 15 is 0 Å². The minimum absolute atomic E-state index is 0.220. The van der Waals surface area contributed by atoms with Gasteiger partial charge in [-0.2, -0.15) is 0 Å². The number of hydrogen-bond acceptors (Lipinski definition) is 2. The Morgan fingerprint density at radius 2 is 2.22 bits per heavy atom. The summed E-state index contributed by atoms with van der Waals surface area (Å²) in [7, 11) is -3.19. The maximum atomic E-state index is 10.5. The predicted octanol–water partition coefficient (Wildman–Crippen LogP) is 0.0734. The van der Waals surface area contributed by atoms with E-state index in [1.165, 1.54) is 0 Å². The molecule has 0 aromatic carbocycles. The van der Waals surface area contributed by atoms with Crippen LogP contribution in [-0.2, 0) is 10.0 Å². The number of nitrogens with two attached hydrogens (primary N) is 1. The molecule has 1 saturated carbocycles. The lowest BCUT2D eigenvalue weighted by atomic mass is 10.3. The van der Waals surface area contributed by atoms with Gasteiger partial charge in [0.2, 0.25) is 10.0 Å². The summed E-state index contributed by atoms with van der Waals surface area (Å²) in [6.07, 6.45) is 1.70. The molecule has 1 aliphatic carbocycles. The molecule has 2 unspecified atom stereocenters. The number of sulfonamides is 1. The smallest absolute Gasteiger partial charge is 0.212 e. The minimum atomic E-state index is -3.19. The minimum Gasteiger partial charge on any atom is -0.228 e. The van der Waals surface area contributed by atoms with Crippen LogP contribution in [0.2, 0.25) is 0 Å². The van der Waals surface area contributed by atoms with Crippen molar-refractivity contribution in [1.82, 2.24) is 0 Å². The van der Waals surface area contributed by atoms with E-state index in [9.17, 15) is 8.42 Å². The largest absolute Gasteiger partial charge is 0.228 e. The second-order valence-electron chi connectivity index (χ2n) is 2.53. The van der Waals surface area contributed by atoms with Crippen molar-refractivity contribution in [2.24, 2.45) is 11.1 Å². The van der Waals surface area contributed by atoms with Crippen molar-refractivity contribution in [3.05, 3.63) is 0 Å². The SMILES string of the molecule is CCC1CC1S(N)(=O)=O. The Bertz CT molecular complexity index is 197. The predicted molar refractivity (Wildman–Crippen MR) is 35.3 cm³/mol. The first-order chi connectivity index (χ1) is 4.05. The second kappa shape index (κ2) is 1.95. The van der Waals surface area contributed by atoms with E-state index in [-0.39, 0.29) is 5.25 Å². The van der Waals surface area contributed by atoms with E-state index in [0.29, 0.717) is 5.92 Å². The van der Waals surface area contributed by atoms with Gasteiger partial charge in [0.05, 0.1) is 5.25 Å². The molecule has 1 aliphatic rings. The summed E-state index contributed by atoms with van der Waals surface area (Å²) < 4.78 is 21.1. The second-order valence-corrected chi connectivity index (χ2v) is 4.32. The first-order valence-corrected chi connectivity index (χ1v) is 4.68. The highest BCUT2D eigenvalue weighted by atomic mass is 32.2. The number of hydrogen-bond donors (Lipinski definition) is 1. The van der Waals surface area contributed by atoms with E-state index < -0.39 is 10.0 Å². The van der Waals surface area contributed by atoms with Crippen LogP contribution in [0.5, 0.6) is 0 Å². The molecule has 0 saturated heterocycles. The molecule has 1 rings (SSSR count). The normalized spacial score (nSPS) is 34.4. The molecule has 2 N–H and O–H groups in total. The molecule has 54 valence electrons. The molecular formula is C5H11NO2S. The maximum Gasteiger partial charge on any atom is 0.212 e. The monoisotopic (exact) mass is 149 g/mol. The topological polar surface area (TPSA) is 60.2 Å². The summed E-state index contributed by atoms with van der Waals surface area (Å²) in [6, 6.07) is 0. The molecule has 0 bridgehead atoms. The lowest BCUT2D eigenvalue weighted by Gasteiger charge is -1.90. The molecule has 9 heavy (non-hydrogen) atoms. The van der Waals surface area contributed by atoms with Crippen LogP contribution in [0.25, 0.3) is 0 Å². The molecule has 0 heterocycles. The van der Waals surface area contributed by atoms with E-state index in [1.54, 1.807) is 0 Å². The molecule has 3 nitrogen and oxygen atoms in total. The van der Waals surface area contributed by atoms with Gasteiger partial charge in [0.25, 0.3) is 0 Å². The van der Waals surface area contributed by atoms with Gasteiger partial charge in [0.15, 0.2) is 0 Å². The van der Waals surface area contributed by atoms with Crippen LogP contribution in [0, 0.1) is 5.92 Å². The highest BCUT2D eigenvalue weighted by Gasteiger charge is 2.43. The molecule has 1 fully saturated rings. The van der Waals surface area contributed by atoms with Gasteiger partial charge in [-0.15, -0.1) is 0 Å². The molecule has 0 radical (unpaired) electrons. The molecule has 0 aromatic rings. The molecule has 0 spiro atoms. The van der Waals surface area contributed by atoms with Gasteiger partial charge >= 0.3 is 0 Å². The Morgan fingerprint density at radius 1 is 1.67 bits per heavy atom. The zero-order chi connectivity index (χ0) is 7.07. The van der Waals surface area contributed by atoms with Gasteiger partial charge in [0.1, 0.15) is 0 Å². The van der Waals surface area contributed by atoms with E-state index in [4.69, 9.17) is 5.14 Å². The van der Waals surface area contributed by atoms with Crippen LogP contribution in [-0.4, -0.2) is 13.7 Å². The molecule has 2 atom stereocenters. The third-order valence-electron chi connectivity index (χ3n) is 1.80. The first kappa shape index (κ1) is 7.02. The molecular weight excluding hydrogens is 138 g/mol. The van der Waals surface area contributed by atoms with Crippen LogP contribution in [0.4, 0.5) is 0 Å². The average Bonchev–Trinajstić information content (AvgIpc) is 2.39. The van der Waals surface area contributed by atoms with Crippen molar-refractivity contribution in [2.75, 3.05) is 0 Å². The number of rotatable bonds is 2. The van der Waals surface area contributed by atoms with Gasteiger partial charge in [-0.05, 0) is 12.3 Å². The van der Waals surface area contributed by atoms with Crippen LogP contribution < -0.4 is 5.14 Å². The van der Waals surface area contributed by atoms with Crippen molar-refractivity contribution in [2.45, 2.75) is 25.0 Å². The van der Waals surface area contributed by atoms with Crippen molar-refractivity contribution < 1.29 is 8.42 Å². The van der Waals surface area contributed by atoms with E-state index in [1.807, 2.05) is 6.92 Å². The van der Waals surface area contributed by atoms with Crippen LogP contribution in [0.3, 0.4) is 0 Å². The van der Waals surface area contributed by atoms with Gasteiger partial charge < -0.3 is 0 Å². The summed E-state index contributed by atoms with van der Waals surface area (Å²) >= 11 is 0. The van der Waals surface area contributed by atoms with Crippen molar-refractivity contribution in [3.63, 3.8) is 0 Å². The van der Waals surface area contributed by atoms with Crippen LogP contribution >= 0.6 is 0 Å². The van der Waals surface area contributed by atoms with Crippen molar-refractivity contribution in [1.29, 1.82) is 0 Å². The molecule has 4 heteroatoms. The summed E-state index contributed by atoms with van der Waals surface area (Å²) in [6.45, 7) is 1.98. The van der Waals surface area contributed by atoms with Crippen LogP contribution in [0.15, 0.2) is 0 Å². The Morgan fingerprint density at radius 3 is 2.33 bits per heavy atom. The third-order valence-corrected chi connectivity index (χ3v) is 3.23. The zero-order valence-corrected chi connectivity index (χ0v) is 6.19. The Kier molecular flexibility index (Phi) is 1.52. The fraction of sp³-hybridized carbons (Fsp3) is 1.00. The maximum absolute atomic E-state index is 10.5. The lowest BCUT2D eigenvalue weighted by molar-refractivity contribution is 0.592. The number of primary sulfonamides is 1. The summed E-state index contributed by atoms with van der Waals surface area (Å²) in [5.41, 5.74) is 0. The van der Waals surface area contributed by atoms with Gasteiger partial charge in [0, 0.05) is 0 Å². The summed E-state index contributed by atoms with van der Waals surface area (Å²) in [5, 5.41) is 4.66. The summed E-state index contributed by atoms with van der Waals surface area (Å²) in [4.78, 5) is 0. The molecule has 0 amide bonds. The molecule has 0 aromatic heterocycles. The quantitative estimate of drug-likeness (QED) is 0.604. The van der Waals surface area contributed by atoms with Crippen LogP contribution in [0.1, 0.15) is 19.8 Å². The zero-order valence-electron chi connectivity index (χ0n) is 5.37. The highest BCUT2D eigenvalue weighted by molar-refractivity contribution is 7.90. The Labute approximate surface area is 55.3 Å². The third kappa shape index (κ3) is 1.43. The Balaban J connectivity index is 2.53. The van der Waals surface area contributed by atoms with Gasteiger partial charge in [-0.1, -0.05) is 13.3 Å². The van der Waals surface area contributed by atoms with Gasteiger partial charge in [-0.3, -0.25) is 0 Å². The summed E-state index contributed by atoms with van der Waals surface area (Å²) in [5.74, 6) is 0.347. The van der Waals surface area contributed by atoms with E-state index in [0.717, 1.165) is 12.8 Å². The highest BCUT2D eigenvalue weighted by Crippen LogP contribution is 2.37. The average molecular weight is 149 g/mol.